The summed E-state index contributed by atoms with van der Waals surface area (Å²) in [5.74, 6) is 0.0838. The number of aromatic nitrogens is 4. The van der Waals surface area contributed by atoms with Gasteiger partial charge < -0.3 is 42.6 Å². The minimum Gasteiger partial charge on any atom is -0.382 e. The van der Waals surface area contributed by atoms with Crippen molar-refractivity contribution >= 4 is 5.78 Å². The van der Waals surface area contributed by atoms with Gasteiger partial charge in [-0.1, -0.05) is 6.92 Å². The van der Waals surface area contributed by atoms with Crippen LogP contribution >= 0.6 is 0 Å². The van der Waals surface area contributed by atoms with Gasteiger partial charge in [-0.3, -0.25) is 33.5 Å². The van der Waals surface area contributed by atoms with Gasteiger partial charge in [-0.25, -0.2) is 9.59 Å². The first kappa shape index (κ1) is 51.0. The van der Waals surface area contributed by atoms with Crippen molar-refractivity contribution in [1.82, 2.24) is 19.1 Å². The summed E-state index contributed by atoms with van der Waals surface area (Å²) in [7, 11) is 1.59. The van der Waals surface area contributed by atoms with Crippen LogP contribution in [0.25, 0.3) is 0 Å². The lowest BCUT2D eigenvalue weighted by Crippen LogP contribution is -2.44. The number of aromatic amines is 2. The quantitative estimate of drug-likeness (QED) is 0.194. The fraction of sp³-hybridized carbons (Fsp3) is 0.786. The maximum Gasteiger partial charge on any atom is 0.330 e. The molecular weight excluding hydrogens is 784 g/mol. The Morgan fingerprint density at radius 1 is 0.683 bits per heavy atom. The third kappa shape index (κ3) is 15.2. The smallest absolute Gasteiger partial charge is 0.330 e. The van der Waals surface area contributed by atoms with E-state index in [0.29, 0.717) is 30.8 Å². The second kappa shape index (κ2) is 22.7. The Balaban J connectivity index is 0.000000321. The fourth-order valence-corrected chi connectivity index (χ4v) is 6.47. The third-order valence-electron chi connectivity index (χ3n) is 9.26. The van der Waals surface area contributed by atoms with Crippen molar-refractivity contribution in [3.8, 4) is 0 Å². The average molecular weight is 855 g/mol. The van der Waals surface area contributed by atoms with Crippen molar-refractivity contribution < 1.29 is 47.4 Å². The van der Waals surface area contributed by atoms with Gasteiger partial charge in [-0.2, -0.15) is 0 Å². The van der Waals surface area contributed by atoms with Gasteiger partial charge in [0.05, 0.1) is 56.4 Å². The summed E-state index contributed by atoms with van der Waals surface area (Å²) < 4.78 is 56.4. The predicted octanol–water partition coefficient (Wildman–Crippen LogP) is 3.49. The second-order valence-electron chi connectivity index (χ2n) is 17.5. The monoisotopic (exact) mass is 854 g/mol. The molecule has 18 nitrogen and oxygen atoms in total. The van der Waals surface area contributed by atoms with Crippen molar-refractivity contribution in [1.29, 1.82) is 0 Å². The maximum absolute atomic E-state index is 12.6. The molecule has 4 heterocycles. The molecule has 4 rings (SSSR count). The van der Waals surface area contributed by atoms with Crippen LogP contribution in [0.2, 0.25) is 0 Å². The van der Waals surface area contributed by atoms with E-state index in [1.54, 1.807) is 27.9 Å². The van der Waals surface area contributed by atoms with E-state index in [1.165, 1.54) is 21.5 Å². The van der Waals surface area contributed by atoms with Crippen LogP contribution in [0.15, 0.2) is 31.6 Å². The Bertz CT molecular complexity index is 1890. The van der Waals surface area contributed by atoms with Crippen LogP contribution in [-0.4, -0.2) is 125 Å². The van der Waals surface area contributed by atoms with Gasteiger partial charge in [0.15, 0.2) is 12.5 Å². The van der Waals surface area contributed by atoms with Crippen molar-refractivity contribution in [2.45, 2.75) is 175 Å². The first-order valence-corrected chi connectivity index (χ1v) is 20.7. The van der Waals surface area contributed by atoms with E-state index >= 15 is 0 Å². The molecule has 2 fully saturated rings. The summed E-state index contributed by atoms with van der Waals surface area (Å²) >= 11 is 0. The number of aryl methyl sites for hydroxylation is 2. The number of nitrogens with one attached hydrogen (secondary N) is 2. The van der Waals surface area contributed by atoms with Gasteiger partial charge >= 0.3 is 11.4 Å². The summed E-state index contributed by atoms with van der Waals surface area (Å²) in [4.78, 5) is 65.1. The van der Waals surface area contributed by atoms with Crippen LogP contribution in [0, 0.1) is 13.8 Å². The van der Waals surface area contributed by atoms with Gasteiger partial charge in [0.2, 0.25) is 0 Å². The van der Waals surface area contributed by atoms with E-state index in [2.05, 4.69) is 9.97 Å². The van der Waals surface area contributed by atoms with Gasteiger partial charge in [-0.15, -0.1) is 0 Å². The van der Waals surface area contributed by atoms with Crippen LogP contribution in [-0.2, 0) is 47.4 Å². The Morgan fingerprint density at radius 2 is 1.08 bits per heavy atom. The highest BCUT2D eigenvalue weighted by Crippen LogP contribution is 2.37. The Morgan fingerprint density at radius 3 is 1.43 bits per heavy atom. The zero-order valence-electron chi connectivity index (χ0n) is 38.0. The van der Waals surface area contributed by atoms with E-state index in [-0.39, 0.29) is 44.2 Å². The first-order chi connectivity index (χ1) is 28.0. The van der Waals surface area contributed by atoms with Crippen molar-refractivity contribution in [3.63, 3.8) is 0 Å². The SMILES string of the molecule is CCC(=O)CCOC1[C@@H](OC(C)(C)C)[C@@H](COC(C)C)O[C@H]1n1cc(C)c(=O)[nH]c1=O.COCCOC1[C@@H](OC(C)(C)C)[C@@H](COC(C)C)O[C@H]1n1cc(C)c(=O)[nH]c1=O. The minimum absolute atomic E-state index is 0.0128. The van der Waals surface area contributed by atoms with Crippen molar-refractivity contribution in [2.75, 3.05) is 40.1 Å². The molecule has 2 aliphatic rings. The lowest BCUT2D eigenvalue weighted by molar-refractivity contribution is -0.140. The number of carbonyl (C=O) groups excluding carboxylic acids is 1. The highest BCUT2D eigenvalue weighted by Gasteiger charge is 2.50. The zero-order chi connectivity index (χ0) is 45.1. The predicted molar refractivity (Wildman–Crippen MR) is 223 cm³/mol. The van der Waals surface area contributed by atoms with E-state index in [9.17, 15) is 24.0 Å². The average Bonchev–Trinajstić information content (AvgIpc) is 3.64. The number of carbonyl (C=O) groups is 1. The summed E-state index contributed by atoms with van der Waals surface area (Å²) in [5.41, 5.74) is -2.24. The number of Topliss-reactive ketones (excluding diaryl/α,β-unsaturated/α-hetero) is 1. The topological polar surface area (TPSA) is 210 Å². The maximum atomic E-state index is 12.6. The number of methoxy groups -OCH3 is 1. The fourth-order valence-electron chi connectivity index (χ4n) is 6.47. The summed E-state index contributed by atoms with van der Waals surface area (Å²) in [6.07, 6.45) is -1.22. The summed E-state index contributed by atoms with van der Waals surface area (Å²) in [6, 6.07) is 0. The van der Waals surface area contributed by atoms with Gasteiger partial charge in [0, 0.05) is 43.5 Å². The zero-order valence-corrected chi connectivity index (χ0v) is 38.0. The number of nitrogens with zero attached hydrogens (tertiary/aromatic N) is 2. The van der Waals surface area contributed by atoms with Crippen LogP contribution in [0.4, 0.5) is 0 Å². The molecular formula is C42H70N4O14. The highest BCUT2D eigenvalue weighted by molar-refractivity contribution is 5.78. The second-order valence-corrected chi connectivity index (χ2v) is 17.5. The van der Waals surface area contributed by atoms with Crippen LogP contribution in [0.5, 0.6) is 0 Å². The third-order valence-corrected chi connectivity index (χ3v) is 9.26. The van der Waals surface area contributed by atoms with Gasteiger partial charge in [-0.05, 0) is 83.1 Å². The molecule has 0 saturated carbocycles. The summed E-state index contributed by atoms with van der Waals surface area (Å²) in [5, 5.41) is 0. The molecule has 18 heteroatoms. The number of rotatable bonds is 19. The minimum atomic E-state index is -0.840. The molecule has 2 saturated heterocycles. The van der Waals surface area contributed by atoms with E-state index in [1.807, 2.05) is 69.2 Å². The number of hydrogen-bond donors (Lipinski definition) is 2. The first-order valence-electron chi connectivity index (χ1n) is 20.7. The molecule has 0 bridgehead atoms. The molecule has 2 aromatic heterocycles. The van der Waals surface area contributed by atoms with E-state index in [0.717, 1.165) is 0 Å². The van der Waals surface area contributed by atoms with Crippen molar-refractivity contribution in [2.24, 2.45) is 0 Å². The number of ether oxygens (including phenoxy) is 9. The number of ketones is 1. The number of H-pyrrole nitrogens is 2. The van der Waals surface area contributed by atoms with Gasteiger partial charge in [0.1, 0.15) is 42.4 Å². The van der Waals surface area contributed by atoms with E-state index < -0.39 is 82.8 Å². The Hall–Kier alpha value is -3.33. The molecule has 0 aliphatic carbocycles. The van der Waals surface area contributed by atoms with Gasteiger partial charge in [0.25, 0.3) is 11.1 Å². The molecule has 342 valence electrons. The molecule has 2 aromatic rings. The van der Waals surface area contributed by atoms with Crippen LogP contribution < -0.4 is 22.5 Å². The molecule has 2 unspecified atom stereocenters. The molecule has 60 heavy (non-hydrogen) atoms. The van der Waals surface area contributed by atoms with E-state index in [4.69, 9.17) is 42.6 Å². The Kier molecular flexibility index (Phi) is 19.3. The largest absolute Gasteiger partial charge is 0.382 e. The molecule has 0 amide bonds. The summed E-state index contributed by atoms with van der Waals surface area (Å²) in [6.45, 7) is 25.8. The molecule has 0 spiro atoms. The normalized spacial score (nSPS) is 24.6. The highest BCUT2D eigenvalue weighted by atomic mass is 16.6. The lowest BCUT2D eigenvalue weighted by atomic mass is 10.1. The molecule has 2 aliphatic heterocycles. The lowest BCUT2D eigenvalue weighted by Gasteiger charge is -2.31. The van der Waals surface area contributed by atoms with Crippen LogP contribution in [0.3, 0.4) is 0 Å². The number of hydrogen-bond acceptors (Lipinski definition) is 14. The molecule has 0 radical (unpaired) electrons. The van der Waals surface area contributed by atoms with Crippen LogP contribution in [0.1, 0.15) is 113 Å². The molecule has 0 aromatic carbocycles. The Labute approximate surface area is 352 Å². The molecule has 8 atom stereocenters. The van der Waals surface area contributed by atoms with Crippen molar-refractivity contribution in [3.05, 3.63) is 65.2 Å². The standard InChI is InChI=1S/C22H36N2O7.C20H34N2O7/c1-8-15(25)9-10-28-18-17(31-22(5,6)7)16(12-29-13(2)3)30-20(18)24-11-14(4)19(26)23-21(24)27;1-12(2)27-11-14-15(29-20(4,5)6)16(26-9-8-25-7)18(28-14)22-10-13(3)17(23)21-19(22)24/h11,13,16-18,20H,8-10,12H2,1-7H3,(H,23,26,27);10,12,14-16,18H,8-9,11H2,1-7H3,(H,21,23,24)/t16-,17+,18?,20-;14-,15+,16?,18-/m11/s1. The molecule has 2 N–H and O–H groups in total.